The third kappa shape index (κ3) is 5.71. The van der Waals surface area contributed by atoms with E-state index in [2.05, 4.69) is 5.32 Å². The molecule has 0 heterocycles. The SMILES string of the molecule is COc1ccc(OC)c(C(C)NC(=O)c2ccc(CSc3ccc(Cl)cc3)cc2)c1. The van der Waals surface area contributed by atoms with Gasteiger partial charge in [0.05, 0.1) is 20.3 Å². The molecule has 4 nitrogen and oxygen atoms in total. The van der Waals surface area contributed by atoms with E-state index in [1.54, 1.807) is 26.0 Å². The summed E-state index contributed by atoms with van der Waals surface area (Å²) in [6, 6.07) is 20.7. The Hall–Kier alpha value is -2.63. The van der Waals surface area contributed by atoms with Crippen molar-refractivity contribution in [1.29, 1.82) is 0 Å². The van der Waals surface area contributed by atoms with Crippen LogP contribution in [0.2, 0.25) is 5.02 Å². The van der Waals surface area contributed by atoms with E-state index in [-0.39, 0.29) is 11.9 Å². The maximum absolute atomic E-state index is 12.7. The molecule has 0 aliphatic heterocycles. The lowest BCUT2D eigenvalue weighted by Crippen LogP contribution is -2.27. The van der Waals surface area contributed by atoms with Crippen molar-refractivity contribution in [2.75, 3.05) is 14.2 Å². The van der Waals surface area contributed by atoms with E-state index >= 15 is 0 Å². The number of hydrogen-bond acceptors (Lipinski definition) is 4. The van der Waals surface area contributed by atoms with Crippen LogP contribution in [0.5, 0.6) is 11.5 Å². The van der Waals surface area contributed by atoms with Crippen LogP contribution in [0.3, 0.4) is 0 Å². The predicted octanol–water partition coefficient (Wildman–Crippen LogP) is 6.14. The summed E-state index contributed by atoms with van der Waals surface area (Å²) in [6.45, 7) is 1.92. The molecule has 1 atom stereocenters. The largest absolute Gasteiger partial charge is 0.497 e. The normalized spacial score (nSPS) is 11.6. The number of benzene rings is 3. The van der Waals surface area contributed by atoms with Crippen LogP contribution in [-0.2, 0) is 5.75 Å². The third-order valence-electron chi connectivity index (χ3n) is 4.69. The van der Waals surface area contributed by atoms with Crippen molar-refractivity contribution in [2.45, 2.75) is 23.6 Å². The molecular weight excluding hydrogens is 418 g/mol. The molecular formula is C24H24ClNO3S. The number of hydrogen-bond donors (Lipinski definition) is 1. The van der Waals surface area contributed by atoms with Gasteiger partial charge in [0.25, 0.3) is 5.91 Å². The van der Waals surface area contributed by atoms with Gasteiger partial charge in [-0.2, -0.15) is 0 Å². The van der Waals surface area contributed by atoms with E-state index < -0.39 is 0 Å². The van der Waals surface area contributed by atoms with E-state index in [1.807, 2.05) is 73.7 Å². The van der Waals surface area contributed by atoms with Gasteiger partial charge in [0.2, 0.25) is 0 Å². The molecule has 3 aromatic rings. The Balaban J connectivity index is 1.62. The summed E-state index contributed by atoms with van der Waals surface area (Å²) in [7, 11) is 3.22. The predicted molar refractivity (Wildman–Crippen MR) is 123 cm³/mol. The molecule has 1 amide bonds. The van der Waals surface area contributed by atoms with Crippen molar-refractivity contribution in [3.8, 4) is 11.5 Å². The molecule has 0 saturated heterocycles. The fraction of sp³-hybridized carbons (Fsp3) is 0.208. The smallest absolute Gasteiger partial charge is 0.251 e. The van der Waals surface area contributed by atoms with Crippen molar-refractivity contribution >= 4 is 29.3 Å². The first-order valence-corrected chi connectivity index (χ1v) is 10.9. The molecule has 0 bridgehead atoms. The molecule has 156 valence electrons. The van der Waals surface area contributed by atoms with Gasteiger partial charge in [-0.25, -0.2) is 0 Å². The number of ether oxygens (including phenoxy) is 2. The average Bonchev–Trinajstić information content (AvgIpc) is 2.78. The summed E-state index contributed by atoms with van der Waals surface area (Å²) >= 11 is 7.65. The zero-order valence-electron chi connectivity index (χ0n) is 17.1. The van der Waals surface area contributed by atoms with Gasteiger partial charge in [-0.15, -0.1) is 11.8 Å². The van der Waals surface area contributed by atoms with Gasteiger partial charge < -0.3 is 14.8 Å². The van der Waals surface area contributed by atoms with Gasteiger partial charge in [-0.3, -0.25) is 4.79 Å². The van der Waals surface area contributed by atoms with Gasteiger partial charge in [0, 0.05) is 26.8 Å². The molecule has 0 saturated carbocycles. The fourth-order valence-electron chi connectivity index (χ4n) is 2.99. The summed E-state index contributed by atoms with van der Waals surface area (Å²) in [4.78, 5) is 13.9. The molecule has 0 radical (unpaired) electrons. The second kappa shape index (κ2) is 10.4. The third-order valence-corrected chi connectivity index (χ3v) is 6.02. The molecule has 0 fully saturated rings. The summed E-state index contributed by atoms with van der Waals surface area (Å²) in [6.07, 6.45) is 0. The Kier molecular flexibility index (Phi) is 7.66. The minimum absolute atomic E-state index is 0.135. The molecule has 0 aliphatic rings. The lowest BCUT2D eigenvalue weighted by atomic mass is 10.1. The van der Waals surface area contributed by atoms with Crippen LogP contribution in [0.1, 0.15) is 34.5 Å². The number of thioether (sulfide) groups is 1. The van der Waals surface area contributed by atoms with E-state index in [4.69, 9.17) is 21.1 Å². The Bertz CT molecular complexity index is 990. The van der Waals surface area contributed by atoms with Crippen molar-refractivity contribution in [3.63, 3.8) is 0 Å². The lowest BCUT2D eigenvalue weighted by molar-refractivity contribution is 0.0939. The maximum Gasteiger partial charge on any atom is 0.251 e. The van der Waals surface area contributed by atoms with Crippen molar-refractivity contribution in [3.05, 3.63) is 88.4 Å². The molecule has 0 aromatic heterocycles. The van der Waals surface area contributed by atoms with Crippen LogP contribution in [0, 0.1) is 0 Å². The number of methoxy groups -OCH3 is 2. The molecule has 3 aromatic carbocycles. The van der Waals surface area contributed by atoms with Crippen LogP contribution < -0.4 is 14.8 Å². The topological polar surface area (TPSA) is 47.6 Å². The second-order valence-corrected chi connectivity index (χ2v) is 8.23. The first kappa shape index (κ1) is 22.1. The van der Waals surface area contributed by atoms with Crippen LogP contribution in [0.25, 0.3) is 0 Å². The summed E-state index contributed by atoms with van der Waals surface area (Å²) < 4.78 is 10.7. The average molecular weight is 442 g/mol. The summed E-state index contributed by atoms with van der Waals surface area (Å²) in [5.74, 6) is 2.11. The number of amides is 1. The highest BCUT2D eigenvalue weighted by Gasteiger charge is 2.16. The molecule has 0 spiro atoms. The highest BCUT2D eigenvalue weighted by molar-refractivity contribution is 7.98. The van der Waals surface area contributed by atoms with Crippen LogP contribution in [0.4, 0.5) is 0 Å². The second-order valence-electron chi connectivity index (χ2n) is 6.74. The number of rotatable bonds is 8. The number of halogens is 1. The number of carbonyl (C=O) groups is 1. The van der Waals surface area contributed by atoms with Crippen LogP contribution in [-0.4, -0.2) is 20.1 Å². The minimum atomic E-state index is -0.234. The molecule has 6 heteroatoms. The monoisotopic (exact) mass is 441 g/mol. The molecule has 1 unspecified atom stereocenters. The van der Waals surface area contributed by atoms with Crippen molar-refractivity contribution in [1.82, 2.24) is 5.32 Å². The van der Waals surface area contributed by atoms with E-state index in [9.17, 15) is 4.79 Å². The first-order chi connectivity index (χ1) is 14.5. The zero-order chi connectivity index (χ0) is 21.5. The summed E-state index contributed by atoms with van der Waals surface area (Å²) in [5, 5.41) is 3.76. The van der Waals surface area contributed by atoms with Gasteiger partial charge in [0.15, 0.2) is 0 Å². The van der Waals surface area contributed by atoms with Crippen molar-refractivity contribution in [2.24, 2.45) is 0 Å². The van der Waals surface area contributed by atoms with Crippen LogP contribution in [0.15, 0.2) is 71.6 Å². The standard InChI is InChI=1S/C24H24ClNO3S/c1-16(22-14-20(28-2)10-13-23(22)29-3)26-24(27)18-6-4-17(5-7-18)15-30-21-11-8-19(25)9-12-21/h4-14,16H,15H2,1-3H3,(H,26,27). The van der Waals surface area contributed by atoms with E-state index in [1.165, 1.54) is 0 Å². The van der Waals surface area contributed by atoms with Gasteiger partial charge >= 0.3 is 0 Å². The number of nitrogens with one attached hydrogen (secondary N) is 1. The number of carbonyl (C=O) groups excluding carboxylic acids is 1. The Morgan fingerprint density at radius 3 is 2.33 bits per heavy atom. The fourth-order valence-corrected chi connectivity index (χ4v) is 3.97. The highest BCUT2D eigenvalue weighted by Crippen LogP contribution is 2.29. The van der Waals surface area contributed by atoms with Crippen molar-refractivity contribution < 1.29 is 14.3 Å². The molecule has 0 aliphatic carbocycles. The maximum atomic E-state index is 12.7. The molecule has 3 rings (SSSR count). The Morgan fingerprint density at radius 2 is 1.70 bits per heavy atom. The van der Waals surface area contributed by atoms with Gasteiger partial charge in [-0.1, -0.05) is 23.7 Å². The quantitative estimate of drug-likeness (QED) is 0.426. The molecule has 1 N–H and O–H groups in total. The Morgan fingerprint density at radius 1 is 1.00 bits per heavy atom. The minimum Gasteiger partial charge on any atom is -0.497 e. The van der Waals surface area contributed by atoms with Crippen LogP contribution >= 0.6 is 23.4 Å². The highest BCUT2D eigenvalue weighted by atomic mass is 35.5. The van der Waals surface area contributed by atoms with E-state index in [0.717, 1.165) is 32.5 Å². The van der Waals surface area contributed by atoms with Gasteiger partial charge in [-0.05, 0) is 67.1 Å². The zero-order valence-corrected chi connectivity index (χ0v) is 18.7. The van der Waals surface area contributed by atoms with E-state index in [0.29, 0.717) is 11.3 Å². The Labute approximate surface area is 186 Å². The van der Waals surface area contributed by atoms with Gasteiger partial charge in [0.1, 0.15) is 11.5 Å². The first-order valence-electron chi connectivity index (χ1n) is 9.50. The summed E-state index contributed by atoms with van der Waals surface area (Å²) in [5.41, 5.74) is 2.62. The lowest BCUT2D eigenvalue weighted by Gasteiger charge is -2.18. The molecule has 30 heavy (non-hydrogen) atoms.